The molecule has 23 heavy (non-hydrogen) atoms. The van der Waals surface area contributed by atoms with E-state index in [0.29, 0.717) is 13.0 Å². The average Bonchev–Trinajstić information content (AvgIpc) is 2.55. The lowest BCUT2D eigenvalue weighted by atomic mass is 10.1. The van der Waals surface area contributed by atoms with E-state index in [2.05, 4.69) is 15.8 Å². The highest BCUT2D eigenvalue weighted by atomic mass is 19.1. The Morgan fingerprint density at radius 1 is 1.26 bits per heavy atom. The molecule has 1 aromatic rings. The summed E-state index contributed by atoms with van der Waals surface area (Å²) in [6, 6.07) is 5.97. The third kappa shape index (κ3) is 5.50. The summed E-state index contributed by atoms with van der Waals surface area (Å²) in [7, 11) is 0. The van der Waals surface area contributed by atoms with Crippen LogP contribution in [0.25, 0.3) is 0 Å². The minimum Gasteiger partial charge on any atom is -0.451 e. The zero-order valence-electron chi connectivity index (χ0n) is 12.3. The van der Waals surface area contributed by atoms with Gasteiger partial charge in [-0.15, -0.1) is 0 Å². The van der Waals surface area contributed by atoms with E-state index in [-0.39, 0.29) is 30.3 Å². The Balaban J connectivity index is 1.66. The van der Waals surface area contributed by atoms with Crippen molar-refractivity contribution < 1.29 is 23.5 Å². The summed E-state index contributed by atoms with van der Waals surface area (Å²) in [6.07, 6.45) is 0.896. The molecule has 1 aromatic carbocycles. The lowest BCUT2D eigenvalue weighted by molar-refractivity contribution is -0.142. The molecule has 2 amide bonds. The summed E-state index contributed by atoms with van der Waals surface area (Å²) in [4.78, 5) is 34.1. The van der Waals surface area contributed by atoms with E-state index in [9.17, 15) is 18.8 Å². The molecule has 0 aromatic heterocycles. The molecule has 0 atom stereocenters. The molecule has 2 N–H and O–H groups in total. The zero-order chi connectivity index (χ0) is 16.7. The van der Waals surface area contributed by atoms with Gasteiger partial charge in [-0.1, -0.05) is 12.1 Å². The number of hydrogen-bond donors (Lipinski definition) is 2. The standard InChI is InChI=1S/C15H16FN3O4/c16-11-3-1-10(2-4-11)7-8-17-14(21)9-23-15(22)12-5-6-13(20)19-18-12/h1-4H,5-9H2,(H,17,21)(H,19,20). The average molecular weight is 321 g/mol. The first-order valence-electron chi connectivity index (χ1n) is 7.08. The number of benzene rings is 1. The number of ether oxygens (including phenoxy) is 1. The number of carbonyl (C=O) groups excluding carboxylic acids is 3. The topological polar surface area (TPSA) is 96.9 Å². The van der Waals surface area contributed by atoms with Crippen LogP contribution in [0.4, 0.5) is 4.39 Å². The summed E-state index contributed by atoms with van der Waals surface area (Å²) >= 11 is 0. The summed E-state index contributed by atoms with van der Waals surface area (Å²) in [6.45, 7) is -0.0752. The first-order valence-corrected chi connectivity index (χ1v) is 7.08. The smallest absolute Gasteiger partial charge is 0.355 e. The Hall–Kier alpha value is -2.77. The number of nitrogens with one attached hydrogen (secondary N) is 2. The highest BCUT2D eigenvalue weighted by molar-refractivity contribution is 6.37. The summed E-state index contributed by atoms with van der Waals surface area (Å²) in [5, 5.41) is 6.17. The van der Waals surface area contributed by atoms with Gasteiger partial charge in [-0.2, -0.15) is 5.10 Å². The van der Waals surface area contributed by atoms with Crippen LogP contribution in [-0.2, 0) is 25.5 Å². The normalized spacial score (nSPS) is 13.8. The van der Waals surface area contributed by atoms with Gasteiger partial charge >= 0.3 is 5.97 Å². The third-order valence-electron chi connectivity index (χ3n) is 3.12. The van der Waals surface area contributed by atoms with Gasteiger partial charge in [0.2, 0.25) is 5.91 Å². The molecule has 0 bridgehead atoms. The molecule has 0 aliphatic carbocycles. The van der Waals surface area contributed by atoms with E-state index in [0.717, 1.165) is 5.56 Å². The molecule has 2 rings (SSSR count). The Morgan fingerprint density at radius 3 is 2.65 bits per heavy atom. The molecule has 0 spiro atoms. The second-order valence-corrected chi connectivity index (χ2v) is 4.90. The molecular weight excluding hydrogens is 305 g/mol. The Bertz CT molecular complexity index is 628. The fourth-order valence-electron chi connectivity index (χ4n) is 1.88. The summed E-state index contributed by atoms with van der Waals surface area (Å²) in [5.74, 6) is -1.74. The van der Waals surface area contributed by atoms with Gasteiger partial charge in [0.1, 0.15) is 11.5 Å². The lowest BCUT2D eigenvalue weighted by Gasteiger charge is -2.11. The van der Waals surface area contributed by atoms with E-state index in [4.69, 9.17) is 4.74 Å². The van der Waals surface area contributed by atoms with E-state index in [1.165, 1.54) is 12.1 Å². The van der Waals surface area contributed by atoms with Gasteiger partial charge in [0, 0.05) is 19.4 Å². The van der Waals surface area contributed by atoms with Crippen molar-refractivity contribution in [2.75, 3.05) is 13.2 Å². The van der Waals surface area contributed by atoms with Gasteiger partial charge in [-0.3, -0.25) is 9.59 Å². The van der Waals surface area contributed by atoms with E-state index in [1.54, 1.807) is 12.1 Å². The zero-order valence-corrected chi connectivity index (χ0v) is 12.3. The number of nitrogens with zero attached hydrogens (tertiary/aromatic N) is 1. The summed E-state index contributed by atoms with van der Waals surface area (Å²) in [5.41, 5.74) is 3.15. The van der Waals surface area contributed by atoms with E-state index in [1.807, 2.05) is 0 Å². The van der Waals surface area contributed by atoms with Crippen LogP contribution < -0.4 is 10.7 Å². The number of esters is 1. The van der Waals surface area contributed by atoms with Crippen LogP contribution >= 0.6 is 0 Å². The molecule has 8 heteroatoms. The quantitative estimate of drug-likeness (QED) is 0.736. The Labute approximate surface area is 131 Å². The van der Waals surface area contributed by atoms with E-state index >= 15 is 0 Å². The number of hydrogen-bond acceptors (Lipinski definition) is 5. The van der Waals surface area contributed by atoms with Crippen molar-refractivity contribution in [2.45, 2.75) is 19.3 Å². The number of rotatable bonds is 6. The van der Waals surface area contributed by atoms with Crippen LogP contribution in [0.5, 0.6) is 0 Å². The molecule has 0 fully saturated rings. The van der Waals surface area contributed by atoms with Crippen molar-refractivity contribution >= 4 is 23.5 Å². The second kappa shape index (κ2) is 8.02. The van der Waals surface area contributed by atoms with Crippen molar-refractivity contribution in [3.8, 4) is 0 Å². The molecule has 1 aliphatic rings. The van der Waals surface area contributed by atoms with E-state index < -0.39 is 18.5 Å². The van der Waals surface area contributed by atoms with Crippen molar-refractivity contribution in [2.24, 2.45) is 5.10 Å². The molecule has 0 saturated heterocycles. The van der Waals surface area contributed by atoms with Crippen LogP contribution in [0, 0.1) is 5.82 Å². The first-order chi connectivity index (χ1) is 11.0. The van der Waals surface area contributed by atoms with Crippen molar-refractivity contribution in [3.05, 3.63) is 35.6 Å². The fraction of sp³-hybridized carbons (Fsp3) is 0.333. The molecule has 7 nitrogen and oxygen atoms in total. The second-order valence-electron chi connectivity index (χ2n) is 4.90. The monoisotopic (exact) mass is 321 g/mol. The lowest BCUT2D eigenvalue weighted by Crippen LogP contribution is -2.34. The van der Waals surface area contributed by atoms with Crippen molar-refractivity contribution in [3.63, 3.8) is 0 Å². The number of hydrazone groups is 1. The first kappa shape index (κ1) is 16.6. The third-order valence-corrected chi connectivity index (χ3v) is 3.12. The Kier molecular flexibility index (Phi) is 5.79. The van der Waals surface area contributed by atoms with Gasteiger partial charge in [0.15, 0.2) is 6.61 Å². The minimum atomic E-state index is -0.723. The van der Waals surface area contributed by atoms with Crippen LogP contribution in [-0.4, -0.2) is 36.6 Å². The maximum atomic E-state index is 12.7. The largest absolute Gasteiger partial charge is 0.451 e. The Morgan fingerprint density at radius 2 is 2.00 bits per heavy atom. The molecule has 122 valence electrons. The number of carbonyl (C=O) groups is 3. The van der Waals surface area contributed by atoms with Gasteiger partial charge in [-0.05, 0) is 24.1 Å². The highest BCUT2D eigenvalue weighted by Gasteiger charge is 2.20. The molecular formula is C15H16FN3O4. The fourth-order valence-corrected chi connectivity index (χ4v) is 1.88. The predicted molar refractivity (Wildman–Crippen MR) is 78.9 cm³/mol. The van der Waals surface area contributed by atoms with Crippen LogP contribution in [0.2, 0.25) is 0 Å². The van der Waals surface area contributed by atoms with Crippen LogP contribution in [0.1, 0.15) is 18.4 Å². The number of amides is 2. The van der Waals surface area contributed by atoms with Crippen molar-refractivity contribution in [1.29, 1.82) is 0 Å². The maximum absolute atomic E-state index is 12.7. The molecule has 0 unspecified atom stereocenters. The summed E-state index contributed by atoms with van der Waals surface area (Å²) < 4.78 is 17.6. The molecule has 1 heterocycles. The van der Waals surface area contributed by atoms with Crippen LogP contribution in [0.15, 0.2) is 29.4 Å². The van der Waals surface area contributed by atoms with Gasteiger partial charge < -0.3 is 10.1 Å². The molecule has 0 saturated carbocycles. The SMILES string of the molecule is O=C(COC(=O)C1=NNC(=O)CC1)NCCc1ccc(F)cc1. The minimum absolute atomic E-state index is 0.0868. The molecule has 0 radical (unpaired) electrons. The van der Waals surface area contributed by atoms with Crippen LogP contribution in [0.3, 0.4) is 0 Å². The van der Waals surface area contributed by atoms with Crippen molar-refractivity contribution in [1.82, 2.24) is 10.7 Å². The maximum Gasteiger partial charge on any atom is 0.355 e. The van der Waals surface area contributed by atoms with Gasteiger partial charge in [-0.25, -0.2) is 14.6 Å². The van der Waals surface area contributed by atoms with Gasteiger partial charge in [0.05, 0.1) is 0 Å². The number of halogens is 1. The molecule has 1 aliphatic heterocycles. The highest BCUT2D eigenvalue weighted by Crippen LogP contribution is 2.03. The predicted octanol–water partition coefficient (Wildman–Crippen LogP) is 0.294. The van der Waals surface area contributed by atoms with Gasteiger partial charge in [0.25, 0.3) is 5.91 Å².